The molecule has 2 aromatic carbocycles. The molecule has 0 heterocycles. The molecule has 1 saturated carbocycles. The van der Waals surface area contributed by atoms with Gasteiger partial charge in [-0.15, -0.1) is 0 Å². The van der Waals surface area contributed by atoms with Crippen molar-refractivity contribution in [1.82, 2.24) is 10.6 Å². The van der Waals surface area contributed by atoms with Crippen molar-refractivity contribution in [3.05, 3.63) is 70.5 Å². The third-order valence-electron chi connectivity index (χ3n) is 4.58. The lowest BCUT2D eigenvalue weighted by Gasteiger charge is -2.19. The number of halogens is 2. The smallest absolute Gasteiger partial charge is 0.315 e. The van der Waals surface area contributed by atoms with Crippen LogP contribution < -0.4 is 10.6 Å². The lowest BCUT2D eigenvalue weighted by atomic mass is 9.95. The van der Waals surface area contributed by atoms with Crippen molar-refractivity contribution in [1.29, 1.82) is 0 Å². The third-order valence-corrected chi connectivity index (χ3v) is 4.82. The summed E-state index contributed by atoms with van der Waals surface area (Å²) in [4.78, 5) is 12.2. The lowest BCUT2D eigenvalue weighted by Crippen LogP contribution is -2.41. The van der Waals surface area contributed by atoms with Crippen LogP contribution in [0, 0.1) is 5.82 Å². The van der Waals surface area contributed by atoms with E-state index < -0.39 is 0 Å². The summed E-state index contributed by atoms with van der Waals surface area (Å²) in [6.45, 7) is 2.33. The molecule has 2 N–H and O–H groups in total. The molecule has 1 atom stereocenters. The number of hydrogen-bond donors (Lipinski definition) is 2. The number of carbonyl (C=O) groups excluding carboxylic acids is 1. The van der Waals surface area contributed by atoms with E-state index in [0.717, 1.165) is 18.4 Å². The summed E-state index contributed by atoms with van der Waals surface area (Å²) in [5.74, 6) is -0.204. The van der Waals surface area contributed by atoms with Gasteiger partial charge < -0.3 is 10.6 Å². The van der Waals surface area contributed by atoms with Crippen molar-refractivity contribution in [3.8, 4) is 0 Å². The number of nitrogens with one attached hydrogen (secondary N) is 2. The fraction of sp³-hybridized carbons (Fsp3) is 0.316. The second kappa shape index (κ2) is 6.81. The van der Waals surface area contributed by atoms with Crippen LogP contribution in [-0.4, -0.2) is 12.6 Å². The molecule has 126 valence electrons. The number of amides is 2. The van der Waals surface area contributed by atoms with Crippen LogP contribution in [0.15, 0.2) is 48.5 Å². The Balaban J connectivity index is 1.57. The van der Waals surface area contributed by atoms with Gasteiger partial charge in [0.25, 0.3) is 0 Å². The van der Waals surface area contributed by atoms with Gasteiger partial charge in [-0.1, -0.05) is 41.9 Å². The molecule has 2 amide bonds. The van der Waals surface area contributed by atoms with Gasteiger partial charge in [0.2, 0.25) is 0 Å². The second-order valence-corrected chi connectivity index (χ2v) is 6.80. The summed E-state index contributed by atoms with van der Waals surface area (Å²) in [7, 11) is 0. The summed E-state index contributed by atoms with van der Waals surface area (Å²) in [5, 5.41) is 6.40. The lowest BCUT2D eigenvalue weighted by molar-refractivity contribution is 0.236. The monoisotopic (exact) mass is 346 g/mol. The number of hydrogen-bond acceptors (Lipinski definition) is 1. The maximum absolute atomic E-state index is 14.0. The maximum atomic E-state index is 14.0. The quantitative estimate of drug-likeness (QED) is 0.818. The highest BCUT2D eigenvalue weighted by atomic mass is 35.5. The Bertz CT molecular complexity index is 746. The number of carbonyl (C=O) groups is 1. The molecule has 5 heteroatoms. The minimum absolute atomic E-state index is 0.160. The average Bonchev–Trinajstić information content (AvgIpc) is 3.34. The predicted molar refractivity (Wildman–Crippen MR) is 93.7 cm³/mol. The Kier molecular flexibility index (Phi) is 4.76. The van der Waals surface area contributed by atoms with Crippen molar-refractivity contribution >= 4 is 17.6 Å². The third kappa shape index (κ3) is 3.70. The molecule has 0 aliphatic heterocycles. The molecule has 0 spiro atoms. The molecule has 1 unspecified atom stereocenters. The van der Waals surface area contributed by atoms with Crippen molar-refractivity contribution < 1.29 is 9.18 Å². The molecule has 1 aliphatic carbocycles. The molecule has 0 bridgehead atoms. The second-order valence-electron chi connectivity index (χ2n) is 6.36. The molecule has 1 fully saturated rings. The molecule has 0 radical (unpaired) electrons. The topological polar surface area (TPSA) is 41.1 Å². The first-order valence-corrected chi connectivity index (χ1v) is 8.43. The van der Waals surface area contributed by atoms with E-state index in [1.807, 2.05) is 31.2 Å². The highest BCUT2D eigenvalue weighted by Gasteiger charge is 2.46. The van der Waals surface area contributed by atoms with Crippen molar-refractivity contribution in [2.24, 2.45) is 0 Å². The Morgan fingerprint density at radius 2 is 2.00 bits per heavy atom. The molecular formula is C19H20ClFN2O. The Hall–Kier alpha value is -2.07. The SMILES string of the molecule is CC(NC(=O)NCC1(c2ccccc2F)CC1)c1cccc(Cl)c1. The number of benzene rings is 2. The van der Waals surface area contributed by atoms with Crippen LogP contribution in [0.2, 0.25) is 5.02 Å². The van der Waals surface area contributed by atoms with E-state index in [-0.39, 0.29) is 23.3 Å². The minimum Gasteiger partial charge on any atom is -0.337 e. The molecule has 1 aliphatic rings. The van der Waals surface area contributed by atoms with E-state index >= 15 is 0 Å². The summed E-state index contributed by atoms with van der Waals surface area (Å²) >= 11 is 5.97. The molecule has 24 heavy (non-hydrogen) atoms. The van der Waals surface area contributed by atoms with Gasteiger partial charge in [-0.05, 0) is 49.1 Å². The van der Waals surface area contributed by atoms with Gasteiger partial charge in [0.1, 0.15) is 5.82 Å². The summed E-state index contributed by atoms with van der Waals surface area (Å²) in [6.07, 6.45) is 1.77. The zero-order valence-electron chi connectivity index (χ0n) is 13.5. The van der Waals surface area contributed by atoms with Crippen LogP contribution in [0.3, 0.4) is 0 Å². The first kappa shape index (κ1) is 16.8. The van der Waals surface area contributed by atoms with Gasteiger partial charge in [0.05, 0.1) is 6.04 Å². The largest absolute Gasteiger partial charge is 0.337 e. The Morgan fingerprint density at radius 1 is 1.25 bits per heavy atom. The molecule has 0 aromatic heterocycles. The predicted octanol–water partition coefficient (Wildman–Crippen LogP) is 4.57. The fourth-order valence-electron chi connectivity index (χ4n) is 2.94. The molecule has 3 rings (SSSR count). The van der Waals surface area contributed by atoms with Crippen LogP contribution in [0.25, 0.3) is 0 Å². The zero-order chi connectivity index (χ0) is 17.2. The van der Waals surface area contributed by atoms with Crippen LogP contribution in [0.5, 0.6) is 0 Å². The van der Waals surface area contributed by atoms with Gasteiger partial charge in [0, 0.05) is 17.0 Å². The number of rotatable bonds is 5. The van der Waals surface area contributed by atoms with Crippen molar-refractivity contribution in [3.63, 3.8) is 0 Å². The van der Waals surface area contributed by atoms with Crippen LogP contribution in [-0.2, 0) is 5.41 Å². The van der Waals surface area contributed by atoms with Crippen LogP contribution in [0.4, 0.5) is 9.18 Å². The fourth-order valence-corrected chi connectivity index (χ4v) is 3.14. The minimum atomic E-state index is -0.262. The maximum Gasteiger partial charge on any atom is 0.315 e. The van der Waals surface area contributed by atoms with Crippen molar-refractivity contribution in [2.45, 2.75) is 31.2 Å². The normalized spacial score (nSPS) is 16.3. The van der Waals surface area contributed by atoms with Gasteiger partial charge >= 0.3 is 6.03 Å². The van der Waals surface area contributed by atoms with Gasteiger partial charge in [0.15, 0.2) is 0 Å². The van der Waals surface area contributed by atoms with Crippen LogP contribution >= 0.6 is 11.6 Å². The van der Waals surface area contributed by atoms with E-state index in [4.69, 9.17) is 11.6 Å². The molecular weight excluding hydrogens is 327 g/mol. The first-order valence-electron chi connectivity index (χ1n) is 8.05. The van der Waals surface area contributed by atoms with Crippen LogP contribution in [0.1, 0.15) is 36.9 Å². The highest BCUT2D eigenvalue weighted by molar-refractivity contribution is 6.30. The van der Waals surface area contributed by atoms with Gasteiger partial charge in [-0.25, -0.2) is 9.18 Å². The molecule has 0 saturated heterocycles. The summed E-state index contributed by atoms with van der Waals surface area (Å²) < 4.78 is 14.0. The van der Waals surface area contributed by atoms with Gasteiger partial charge in [-0.2, -0.15) is 0 Å². The van der Waals surface area contributed by atoms with Gasteiger partial charge in [-0.3, -0.25) is 0 Å². The Morgan fingerprint density at radius 3 is 2.67 bits per heavy atom. The van der Waals surface area contributed by atoms with E-state index in [2.05, 4.69) is 10.6 Å². The highest BCUT2D eigenvalue weighted by Crippen LogP contribution is 2.48. The summed E-state index contributed by atoms with van der Waals surface area (Å²) in [5.41, 5.74) is 1.36. The van der Waals surface area contributed by atoms with E-state index in [9.17, 15) is 9.18 Å². The summed E-state index contributed by atoms with van der Waals surface area (Å²) in [6, 6.07) is 13.8. The molecule has 2 aromatic rings. The molecule has 3 nitrogen and oxygen atoms in total. The standard InChI is InChI=1S/C19H20ClFN2O/c1-13(14-5-4-6-15(20)11-14)23-18(24)22-12-19(9-10-19)16-7-2-3-8-17(16)21/h2-8,11,13H,9-10,12H2,1H3,(H2,22,23,24). The first-order chi connectivity index (χ1) is 11.5. The zero-order valence-corrected chi connectivity index (χ0v) is 14.2. The van der Waals surface area contributed by atoms with E-state index in [1.165, 1.54) is 6.07 Å². The Labute approximate surface area is 146 Å². The van der Waals surface area contributed by atoms with E-state index in [1.54, 1.807) is 18.2 Å². The average molecular weight is 347 g/mol. The number of urea groups is 1. The van der Waals surface area contributed by atoms with E-state index in [0.29, 0.717) is 17.1 Å². The van der Waals surface area contributed by atoms with Crippen molar-refractivity contribution in [2.75, 3.05) is 6.54 Å².